The fraction of sp³-hybridized carbons (Fsp3) is 0.533. The van der Waals surface area contributed by atoms with Crippen molar-refractivity contribution in [3.8, 4) is 0 Å². The van der Waals surface area contributed by atoms with Crippen molar-refractivity contribution in [2.45, 2.75) is 33.2 Å². The molecule has 1 fully saturated rings. The Balaban J connectivity index is 1.79. The van der Waals surface area contributed by atoms with E-state index in [1.54, 1.807) is 0 Å². The van der Waals surface area contributed by atoms with Gasteiger partial charge in [0.1, 0.15) is 0 Å². The lowest BCUT2D eigenvalue weighted by molar-refractivity contribution is 0.251. The minimum atomic E-state index is -0.142. The Hall–Kier alpha value is -1.55. The van der Waals surface area contributed by atoms with Gasteiger partial charge in [0.05, 0.1) is 0 Å². The molecule has 104 valence electrons. The Labute approximate surface area is 114 Å². The minimum Gasteiger partial charge on any atom is -0.338 e. The lowest BCUT2D eigenvalue weighted by Gasteiger charge is -2.10. The first-order valence-electron chi connectivity index (χ1n) is 6.79. The van der Waals surface area contributed by atoms with Crippen LogP contribution in [-0.2, 0) is 0 Å². The Kier molecular flexibility index (Phi) is 3.80. The summed E-state index contributed by atoms with van der Waals surface area (Å²) in [4.78, 5) is 11.7. The molecule has 0 bridgehead atoms. The van der Waals surface area contributed by atoms with Crippen molar-refractivity contribution in [2.75, 3.05) is 11.9 Å². The Morgan fingerprint density at radius 3 is 2.47 bits per heavy atom. The average molecular weight is 261 g/mol. The first kappa shape index (κ1) is 13.9. The highest BCUT2D eigenvalue weighted by atomic mass is 16.2. The van der Waals surface area contributed by atoms with E-state index in [2.05, 4.69) is 24.5 Å². The summed E-state index contributed by atoms with van der Waals surface area (Å²) in [6.07, 6.45) is 1.19. The summed E-state index contributed by atoms with van der Waals surface area (Å²) in [6.45, 7) is 7.14. The Morgan fingerprint density at radius 2 is 2.00 bits per heavy atom. The number of benzene rings is 1. The largest absolute Gasteiger partial charge is 0.338 e. The van der Waals surface area contributed by atoms with Crippen LogP contribution in [0, 0.1) is 11.3 Å². The molecule has 0 radical (unpaired) electrons. The number of amides is 2. The SMILES string of the molecule is CC(N)c1ccc(NC(=O)NCC2CC2(C)C)cc1. The maximum atomic E-state index is 11.7. The molecule has 4 N–H and O–H groups in total. The second-order valence-corrected chi connectivity index (χ2v) is 6.14. The lowest BCUT2D eigenvalue weighted by Crippen LogP contribution is -2.31. The fourth-order valence-electron chi connectivity index (χ4n) is 2.19. The van der Waals surface area contributed by atoms with E-state index in [1.165, 1.54) is 6.42 Å². The standard InChI is InChI=1S/C15H23N3O/c1-10(16)11-4-6-13(7-5-11)18-14(19)17-9-12-8-15(12,2)3/h4-7,10,12H,8-9,16H2,1-3H3,(H2,17,18,19). The molecule has 2 rings (SSSR count). The van der Waals surface area contributed by atoms with Crippen molar-refractivity contribution in [3.05, 3.63) is 29.8 Å². The smallest absolute Gasteiger partial charge is 0.319 e. The third-order valence-corrected chi connectivity index (χ3v) is 3.92. The van der Waals surface area contributed by atoms with Crippen LogP contribution in [0.1, 0.15) is 38.8 Å². The van der Waals surface area contributed by atoms with Gasteiger partial charge in [0, 0.05) is 18.3 Å². The number of nitrogens with two attached hydrogens (primary N) is 1. The predicted molar refractivity (Wildman–Crippen MR) is 78.0 cm³/mol. The summed E-state index contributed by atoms with van der Waals surface area (Å²) < 4.78 is 0. The van der Waals surface area contributed by atoms with Gasteiger partial charge in [-0.25, -0.2) is 4.79 Å². The number of nitrogens with one attached hydrogen (secondary N) is 2. The van der Waals surface area contributed by atoms with E-state index in [0.29, 0.717) is 11.3 Å². The number of urea groups is 1. The topological polar surface area (TPSA) is 67.1 Å². The maximum absolute atomic E-state index is 11.7. The van der Waals surface area contributed by atoms with Crippen molar-refractivity contribution in [3.63, 3.8) is 0 Å². The van der Waals surface area contributed by atoms with Crippen LogP contribution in [-0.4, -0.2) is 12.6 Å². The van der Waals surface area contributed by atoms with Crippen LogP contribution < -0.4 is 16.4 Å². The molecule has 1 aliphatic rings. The normalized spacial score (nSPS) is 21.6. The second kappa shape index (κ2) is 5.21. The molecule has 4 heteroatoms. The van der Waals surface area contributed by atoms with Crippen LogP contribution in [0.5, 0.6) is 0 Å². The summed E-state index contributed by atoms with van der Waals surface area (Å²) in [5.41, 5.74) is 8.02. The second-order valence-electron chi connectivity index (χ2n) is 6.14. The van der Waals surface area contributed by atoms with Gasteiger partial charge in [0.15, 0.2) is 0 Å². The van der Waals surface area contributed by atoms with E-state index in [1.807, 2.05) is 31.2 Å². The van der Waals surface area contributed by atoms with E-state index in [0.717, 1.165) is 17.8 Å². The number of rotatable bonds is 4. The zero-order valence-corrected chi connectivity index (χ0v) is 11.9. The van der Waals surface area contributed by atoms with Crippen LogP contribution >= 0.6 is 0 Å². The van der Waals surface area contributed by atoms with Crippen LogP contribution in [0.4, 0.5) is 10.5 Å². The lowest BCUT2D eigenvalue weighted by atomic mass is 10.1. The first-order valence-corrected chi connectivity index (χ1v) is 6.79. The molecule has 1 aliphatic carbocycles. The molecule has 2 atom stereocenters. The number of hydrogen-bond acceptors (Lipinski definition) is 2. The molecule has 1 aromatic rings. The zero-order valence-electron chi connectivity index (χ0n) is 11.9. The third-order valence-electron chi connectivity index (χ3n) is 3.92. The van der Waals surface area contributed by atoms with E-state index in [-0.39, 0.29) is 12.1 Å². The summed E-state index contributed by atoms with van der Waals surface area (Å²) in [5.74, 6) is 0.610. The van der Waals surface area contributed by atoms with Gasteiger partial charge in [-0.2, -0.15) is 0 Å². The van der Waals surface area contributed by atoms with Crippen molar-refractivity contribution in [1.82, 2.24) is 5.32 Å². The van der Waals surface area contributed by atoms with E-state index >= 15 is 0 Å². The zero-order chi connectivity index (χ0) is 14.0. The third kappa shape index (κ3) is 3.70. The molecule has 2 unspecified atom stereocenters. The molecule has 0 saturated heterocycles. The number of hydrogen-bond donors (Lipinski definition) is 3. The van der Waals surface area contributed by atoms with E-state index in [9.17, 15) is 4.79 Å². The monoisotopic (exact) mass is 261 g/mol. The summed E-state index contributed by atoms with van der Waals surface area (Å²) in [5, 5.41) is 5.74. The van der Waals surface area contributed by atoms with Crippen LogP contribution in [0.15, 0.2) is 24.3 Å². The average Bonchev–Trinajstić information content (AvgIpc) is 2.95. The highest BCUT2D eigenvalue weighted by Crippen LogP contribution is 2.50. The van der Waals surface area contributed by atoms with Crippen LogP contribution in [0.25, 0.3) is 0 Å². The molecular formula is C15H23N3O. The van der Waals surface area contributed by atoms with Crippen LogP contribution in [0.2, 0.25) is 0 Å². The van der Waals surface area contributed by atoms with Gasteiger partial charge in [0.2, 0.25) is 0 Å². The molecule has 0 heterocycles. The molecule has 2 amide bonds. The number of carbonyl (C=O) groups is 1. The molecule has 1 saturated carbocycles. The summed E-state index contributed by atoms with van der Waals surface area (Å²) >= 11 is 0. The van der Waals surface area contributed by atoms with E-state index in [4.69, 9.17) is 5.73 Å². The predicted octanol–water partition coefficient (Wildman–Crippen LogP) is 2.87. The molecule has 4 nitrogen and oxygen atoms in total. The van der Waals surface area contributed by atoms with Gasteiger partial charge >= 0.3 is 6.03 Å². The van der Waals surface area contributed by atoms with Gasteiger partial charge in [0.25, 0.3) is 0 Å². The molecule has 19 heavy (non-hydrogen) atoms. The molecule has 0 spiro atoms. The first-order chi connectivity index (χ1) is 8.88. The minimum absolute atomic E-state index is 0.0139. The Morgan fingerprint density at radius 1 is 1.42 bits per heavy atom. The summed E-state index contributed by atoms with van der Waals surface area (Å²) in [7, 11) is 0. The van der Waals surface area contributed by atoms with Gasteiger partial charge in [-0.05, 0) is 42.4 Å². The van der Waals surface area contributed by atoms with Gasteiger partial charge in [-0.3, -0.25) is 0 Å². The van der Waals surface area contributed by atoms with Crippen LogP contribution in [0.3, 0.4) is 0 Å². The van der Waals surface area contributed by atoms with Gasteiger partial charge in [-0.1, -0.05) is 26.0 Å². The molecular weight excluding hydrogens is 238 g/mol. The maximum Gasteiger partial charge on any atom is 0.319 e. The molecule has 0 aromatic heterocycles. The van der Waals surface area contributed by atoms with Gasteiger partial charge < -0.3 is 16.4 Å². The Bertz CT molecular complexity index is 451. The van der Waals surface area contributed by atoms with Crippen molar-refractivity contribution >= 4 is 11.7 Å². The number of carbonyl (C=O) groups excluding carboxylic acids is 1. The quantitative estimate of drug-likeness (QED) is 0.780. The highest BCUT2D eigenvalue weighted by Gasteiger charge is 2.45. The fourth-order valence-corrected chi connectivity index (χ4v) is 2.19. The van der Waals surface area contributed by atoms with Crippen molar-refractivity contribution in [1.29, 1.82) is 0 Å². The number of anilines is 1. The van der Waals surface area contributed by atoms with Gasteiger partial charge in [-0.15, -0.1) is 0 Å². The molecule has 1 aromatic carbocycles. The van der Waals surface area contributed by atoms with Crippen molar-refractivity contribution < 1.29 is 4.79 Å². The van der Waals surface area contributed by atoms with E-state index < -0.39 is 0 Å². The highest BCUT2D eigenvalue weighted by molar-refractivity contribution is 5.89. The summed E-state index contributed by atoms with van der Waals surface area (Å²) in [6, 6.07) is 7.49. The van der Waals surface area contributed by atoms with Crippen molar-refractivity contribution in [2.24, 2.45) is 17.1 Å². The molecule has 0 aliphatic heterocycles.